The van der Waals surface area contributed by atoms with Crippen molar-refractivity contribution in [1.82, 2.24) is 10.3 Å². The van der Waals surface area contributed by atoms with Gasteiger partial charge in [-0.15, -0.1) is 0 Å². The molecule has 8 nitrogen and oxygen atoms in total. The molecule has 2 aromatic rings. The summed E-state index contributed by atoms with van der Waals surface area (Å²) in [5, 5.41) is 2.58. The van der Waals surface area contributed by atoms with E-state index in [4.69, 9.17) is 14.2 Å². The van der Waals surface area contributed by atoms with Crippen LogP contribution in [-0.2, 0) is 14.3 Å². The SMILES string of the molecule is CCC(C)[C@H](c1ccc(C)cc1C)[C@H](C)OC(=O)[C@H](C)NC(=O)c1nccc(OC)c1OC(C)=O. The molecule has 0 aliphatic carbocycles. The minimum Gasteiger partial charge on any atom is -0.493 e. The summed E-state index contributed by atoms with van der Waals surface area (Å²) in [6.07, 6.45) is 1.86. The molecule has 1 unspecified atom stereocenters. The molecule has 0 spiro atoms. The van der Waals surface area contributed by atoms with Gasteiger partial charge in [0.15, 0.2) is 11.4 Å². The zero-order valence-electron chi connectivity index (χ0n) is 21.8. The lowest BCUT2D eigenvalue weighted by Crippen LogP contribution is -2.42. The molecule has 1 heterocycles. The summed E-state index contributed by atoms with van der Waals surface area (Å²) in [5.41, 5.74) is 3.31. The lowest BCUT2D eigenvalue weighted by Gasteiger charge is -2.31. The van der Waals surface area contributed by atoms with Gasteiger partial charge in [0.1, 0.15) is 12.1 Å². The van der Waals surface area contributed by atoms with Crippen molar-refractivity contribution in [1.29, 1.82) is 0 Å². The monoisotopic (exact) mass is 484 g/mol. The van der Waals surface area contributed by atoms with E-state index < -0.39 is 30.0 Å². The number of hydrogen-bond acceptors (Lipinski definition) is 7. The number of carbonyl (C=O) groups is 3. The Morgan fingerprint density at radius 2 is 1.77 bits per heavy atom. The van der Waals surface area contributed by atoms with Gasteiger partial charge in [0.25, 0.3) is 5.91 Å². The first kappa shape index (κ1) is 27.8. The normalized spacial score (nSPS) is 14.3. The third-order valence-electron chi connectivity index (χ3n) is 6.10. The Bertz CT molecular complexity index is 1070. The molecule has 0 radical (unpaired) electrons. The van der Waals surface area contributed by atoms with Crippen molar-refractivity contribution in [3.63, 3.8) is 0 Å². The molecule has 0 fully saturated rings. The number of nitrogens with one attached hydrogen (secondary N) is 1. The summed E-state index contributed by atoms with van der Waals surface area (Å²) in [5.74, 6) is -1.55. The Labute approximate surface area is 207 Å². The highest BCUT2D eigenvalue weighted by molar-refractivity contribution is 5.98. The van der Waals surface area contributed by atoms with Crippen LogP contribution in [0.3, 0.4) is 0 Å². The third-order valence-corrected chi connectivity index (χ3v) is 6.10. The molecule has 190 valence electrons. The predicted molar refractivity (Wildman–Crippen MR) is 133 cm³/mol. The van der Waals surface area contributed by atoms with E-state index >= 15 is 0 Å². The molecule has 8 heteroatoms. The second-order valence-electron chi connectivity index (χ2n) is 8.89. The first-order valence-electron chi connectivity index (χ1n) is 11.8. The van der Waals surface area contributed by atoms with Crippen molar-refractivity contribution in [3.05, 3.63) is 52.8 Å². The first-order valence-corrected chi connectivity index (χ1v) is 11.8. The Morgan fingerprint density at radius 1 is 1.09 bits per heavy atom. The van der Waals surface area contributed by atoms with Crippen molar-refractivity contribution < 1.29 is 28.6 Å². The molecule has 0 aliphatic heterocycles. The minimum absolute atomic E-state index is 0.00284. The van der Waals surface area contributed by atoms with E-state index in [1.165, 1.54) is 38.8 Å². The van der Waals surface area contributed by atoms with E-state index in [9.17, 15) is 14.4 Å². The number of esters is 2. The summed E-state index contributed by atoms with van der Waals surface area (Å²) < 4.78 is 16.1. The molecule has 4 atom stereocenters. The number of benzene rings is 1. The fraction of sp³-hybridized carbons (Fsp3) is 0.481. The van der Waals surface area contributed by atoms with Crippen LogP contribution in [0.15, 0.2) is 30.5 Å². The Morgan fingerprint density at radius 3 is 2.34 bits per heavy atom. The van der Waals surface area contributed by atoms with Crippen LogP contribution in [0.25, 0.3) is 0 Å². The number of rotatable bonds is 10. The molecule has 1 aromatic carbocycles. The van der Waals surface area contributed by atoms with Gasteiger partial charge in [-0.05, 0) is 44.7 Å². The van der Waals surface area contributed by atoms with Crippen LogP contribution < -0.4 is 14.8 Å². The van der Waals surface area contributed by atoms with Crippen LogP contribution in [0.4, 0.5) is 0 Å². The standard InChI is InChI=1S/C27H36N2O6/c1-9-16(3)23(21-11-10-15(2)14-17(21)4)19(6)34-27(32)18(5)29-26(31)24-25(35-20(7)30)22(33-8)12-13-28-24/h10-14,16,18-19,23H,9H2,1-8H3,(H,29,31)/t16?,18-,19-,23-/m0/s1. The maximum atomic E-state index is 12.9. The predicted octanol–water partition coefficient (Wildman–Crippen LogP) is 4.51. The maximum Gasteiger partial charge on any atom is 0.328 e. The van der Waals surface area contributed by atoms with Crippen molar-refractivity contribution in [2.75, 3.05) is 7.11 Å². The molecule has 1 N–H and O–H groups in total. The van der Waals surface area contributed by atoms with E-state index in [2.05, 4.69) is 49.3 Å². The number of ether oxygens (including phenoxy) is 3. The number of nitrogens with zero attached hydrogens (tertiary/aromatic N) is 1. The maximum absolute atomic E-state index is 12.9. The summed E-state index contributed by atoms with van der Waals surface area (Å²) in [7, 11) is 1.38. The number of aromatic nitrogens is 1. The van der Waals surface area contributed by atoms with Crippen molar-refractivity contribution >= 4 is 17.8 Å². The Balaban J connectivity index is 2.19. The zero-order valence-corrected chi connectivity index (χ0v) is 21.8. The molecular formula is C27H36N2O6. The number of hydrogen-bond donors (Lipinski definition) is 1. The Hall–Kier alpha value is -3.42. The Kier molecular flexibility index (Phi) is 9.80. The van der Waals surface area contributed by atoms with Gasteiger partial charge < -0.3 is 19.5 Å². The summed E-state index contributed by atoms with van der Waals surface area (Å²) in [6.45, 7) is 13.0. The van der Waals surface area contributed by atoms with E-state index in [0.717, 1.165) is 17.5 Å². The smallest absolute Gasteiger partial charge is 0.328 e. The van der Waals surface area contributed by atoms with E-state index in [-0.39, 0.29) is 29.0 Å². The summed E-state index contributed by atoms with van der Waals surface area (Å²) in [6, 6.07) is 6.80. The van der Waals surface area contributed by atoms with E-state index in [1.807, 2.05) is 13.8 Å². The highest BCUT2D eigenvalue weighted by Gasteiger charge is 2.31. The molecule has 0 bridgehead atoms. The van der Waals surface area contributed by atoms with Gasteiger partial charge in [0.2, 0.25) is 5.75 Å². The summed E-state index contributed by atoms with van der Waals surface area (Å²) in [4.78, 5) is 41.3. The molecular weight excluding hydrogens is 448 g/mol. The lowest BCUT2D eigenvalue weighted by atomic mass is 9.80. The number of methoxy groups -OCH3 is 1. The highest BCUT2D eigenvalue weighted by Crippen LogP contribution is 2.34. The number of carbonyl (C=O) groups excluding carboxylic acids is 3. The van der Waals surface area contributed by atoms with Crippen LogP contribution in [0.1, 0.15) is 74.1 Å². The van der Waals surface area contributed by atoms with Gasteiger partial charge in [-0.2, -0.15) is 0 Å². The molecule has 2 rings (SSSR count). The fourth-order valence-electron chi connectivity index (χ4n) is 4.15. The molecule has 0 aliphatic rings. The van der Waals surface area contributed by atoms with Gasteiger partial charge in [0, 0.05) is 25.1 Å². The molecule has 0 saturated heterocycles. The van der Waals surface area contributed by atoms with Gasteiger partial charge >= 0.3 is 11.9 Å². The van der Waals surface area contributed by atoms with Gasteiger partial charge in [-0.1, -0.05) is 44.0 Å². The van der Waals surface area contributed by atoms with Gasteiger partial charge in [-0.25, -0.2) is 9.78 Å². The molecule has 35 heavy (non-hydrogen) atoms. The van der Waals surface area contributed by atoms with Crippen molar-refractivity contribution in [3.8, 4) is 11.5 Å². The number of aryl methyl sites for hydroxylation is 2. The highest BCUT2D eigenvalue weighted by atomic mass is 16.6. The topological polar surface area (TPSA) is 104 Å². The van der Waals surface area contributed by atoms with Crippen LogP contribution in [0.5, 0.6) is 11.5 Å². The molecule has 1 aromatic heterocycles. The van der Waals surface area contributed by atoms with Crippen LogP contribution in [0.2, 0.25) is 0 Å². The quantitative estimate of drug-likeness (QED) is 0.495. The molecule has 1 amide bonds. The van der Waals surface area contributed by atoms with E-state index in [0.29, 0.717) is 0 Å². The number of amides is 1. The average Bonchev–Trinajstić information content (AvgIpc) is 2.79. The van der Waals surface area contributed by atoms with Crippen molar-refractivity contribution in [2.24, 2.45) is 5.92 Å². The third kappa shape index (κ3) is 7.04. The van der Waals surface area contributed by atoms with Gasteiger partial charge in [0.05, 0.1) is 7.11 Å². The fourth-order valence-corrected chi connectivity index (χ4v) is 4.15. The molecule has 0 saturated carbocycles. The second-order valence-corrected chi connectivity index (χ2v) is 8.89. The number of pyridine rings is 1. The average molecular weight is 485 g/mol. The van der Waals surface area contributed by atoms with E-state index in [1.54, 1.807) is 0 Å². The lowest BCUT2D eigenvalue weighted by molar-refractivity contribution is -0.151. The minimum atomic E-state index is -0.958. The van der Waals surface area contributed by atoms with Crippen LogP contribution in [-0.4, -0.2) is 42.1 Å². The summed E-state index contributed by atoms with van der Waals surface area (Å²) >= 11 is 0. The zero-order chi connectivity index (χ0) is 26.3. The van der Waals surface area contributed by atoms with Crippen LogP contribution >= 0.6 is 0 Å². The van der Waals surface area contributed by atoms with Crippen molar-refractivity contribution in [2.45, 2.75) is 73.0 Å². The second kappa shape index (κ2) is 12.3. The first-order chi connectivity index (χ1) is 16.5. The largest absolute Gasteiger partial charge is 0.493 e. The van der Waals surface area contributed by atoms with Gasteiger partial charge in [-0.3, -0.25) is 9.59 Å². The van der Waals surface area contributed by atoms with Crippen LogP contribution in [0, 0.1) is 19.8 Å².